The van der Waals surface area contributed by atoms with Crippen molar-refractivity contribution >= 4 is 17.1 Å². The summed E-state index contributed by atoms with van der Waals surface area (Å²) < 4.78 is 0. The first kappa shape index (κ1) is 12.3. The third-order valence-electron chi connectivity index (χ3n) is 4.33. The van der Waals surface area contributed by atoms with Gasteiger partial charge in [-0.1, -0.05) is 6.42 Å². The van der Waals surface area contributed by atoms with Crippen molar-refractivity contribution < 1.29 is 4.79 Å². The lowest BCUT2D eigenvalue weighted by molar-refractivity contribution is -0.123. The van der Waals surface area contributed by atoms with Gasteiger partial charge >= 0.3 is 0 Å². The summed E-state index contributed by atoms with van der Waals surface area (Å²) in [5.41, 5.74) is 3.06. The Morgan fingerprint density at radius 1 is 1.33 bits per heavy atom. The van der Waals surface area contributed by atoms with E-state index in [1.165, 1.54) is 19.3 Å². The van der Waals surface area contributed by atoms with E-state index >= 15 is 0 Å². The molecule has 3 nitrogen and oxygen atoms in total. The van der Waals surface area contributed by atoms with E-state index in [-0.39, 0.29) is 0 Å². The van der Waals surface area contributed by atoms with Crippen LogP contribution < -0.4 is 0 Å². The predicted octanol–water partition coefficient (Wildman–Crippen LogP) is 2.87. The van der Waals surface area contributed by atoms with Gasteiger partial charge < -0.3 is 0 Å². The Bertz CT molecular complexity index is 404. The molecule has 1 aliphatic heterocycles. The Kier molecular flexibility index (Phi) is 3.75. The monoisotopic (exact) mass is 264 g/mol. The Hall–Kier alpha value is -0.740. The van der Waals surface area contributed by atoms with Crippen molar-refractivity contribution in [3.63, 3.8) is 0 Å². The first-order valence-electron chi connectivity index (χ1n) is 6.98. The minimum Gasteiger partial charge on any atom is -0.299 e. The van der Waals surface area contributed by atoms with Crippen LogP contribution in [0.15, 0.2) is 10.9 Å². The molecule has 1 aliphatic carbocycles. The highest BCUT2D eigenvalue weighted by molar-refractivity contribution is 7.07. The maximum Gasteiger partial charge on any atom is 0.137 e. The molecule has 1 saturated heterocycles. The van der Waals surface area contributed by atoms with Gasteiger partial charge in [-0.2, -0.15) is 0 Å². The number of hydrogen-bond donors (Lipinski definition) is 0. The molecule has 4 heteroatoms. The lowest BCUT2D eigenvalue weighted by Gasteiger charge is -2.38. The lowest BCUT2D eigenvalue weighted by Crippen LogP contribution is -2.44. The van der Waals surface area contributed by atoms with Crippen LogP contribution in [-0.2, 0) is 11.3 Å². The molecule has 2 unspecified atom stereocenters. The molecule has 2 heterocycles. The number of aromatic nitrogens is 1. The van der Waals surface area contributed by atoms with Crippen molar-refractivity contribution in [2.45, 2.75) is 51.1 Å². The number of hydrogen-bond acceptors (Lipinski definition) is 4. The van der Waals surface area contributed by atoms with Crippen LogP contribution in [0.3, 0.4) is 0 Å². The molecule has 1 saturated carbocycles. The summed E-state index contributed by atoms with van der Waals surface area (Å²) in [6.07, 6.45) is 6.76. The average molecular weight is 264 g/mol. The standard InChI is InChI=1S/C14H20N2OS/c17-14-6-3-4-12(14)13-5-1-2-7-16(13)8-11-9-18-10-15-11/h9-10,12-13H,1-8H2. The van der Waals surface area contributed by atoms with E-state index in [1.807, 2.05) is 5.51 Å². The fourth-order valence-corrected chi connectivity index (χ4v) is 3.99. The Morgan fingerprint density at radius 2 is 2.28 bits per heavy atom. The van der Waals surface area contributed by atoms with E-state index in [0.29, 0.717) is 17.7 Å². The van der Waals surface area contributed by atoms with Crippen LogP contribution in [0.25, 0.3) is 0 Å². The van der Waals surface area contributed by atoms with E-state index in [4.69, 9.17) is 0 Å². The van der Waals surface area contributed by atoms with Gasteiger partial charge in [0.25, 0.3) is 0 Å². The molecule has 98 valence electrons. The number of carbonyl (C=O) groups excluding carboxylic acids is 1. The minimum absolute atomic E-state index is 0.309. The minimum atomic E-state index is 0.309. The molecule has 0 aromatic carbocycles. The summed E-state index contributed by atoms with van der Waals surface area (Å²) in [6.45, 7) is 2.06. The second kappa shape index (κ2) is 5.49. The van der Waals surface area contributed by atoms with Crippen molar-refractivity contribution in [1.82, 2.24) is 9.88 Å². The first-order valence-corrected chi connectivity index (χ1v) is 7.93. The highest BCUT2D eigenvalue weighted by Crippen LogP contribution is 2.33. The van der Waals surface area contributed by atoms with Gasteiger partial charge in [0, 0.05) is 30.3 Å². The zero-order valence-electron chi connectivity index (χ0n) is 10.7. The first-order chi connectivity index (χ1) is 8.84. The zero-order valence-corrected chi connectivity index (χ0v) is 11.5. The number of rotatable bonds is 3. The fourth-order valence-electron chi connectivity index (χ4n) is 3.44. The molecule has 18 heavy (non-hydrogen) atoms. The van der Waals surface area contributed by atoms with Crippen LogP contribution in [0.4, 0.5) is 0 Å². The zero-order chi connectivity index (χ0) is 12.4. The summed E-state index contributed by atoms with van der Waals surface area (Å²) in [5.74, 6) is 0.814. The van der Waals surface area contributed by atoms with Gasteiger partial charge in [-0.15, -0.1) is 11.3 Å². The van der Waals surface area contributed by atoms with Gasteiger partial charge in [0.05, 0.1) is 11.2 Å². The summed E-state index contributed by atoms with van der Waals surface area (Å²) in [5, 5.41) is 2.13. The molecule has 0 N–H and O–H groups in total. The van der Waals surface area contributed by atoms with Crippen LogP contribution in [0.2, 0.25) is 0 Å². The fraction of sp³-hybridized carbons (Fsp3) is 0.714. The number of nitrogens with zero attached hydrogens (tertiary/aromatic N) is 2. The molecule has 3 rings (SSSR count). The number of likely N-dealkylation sites (tertiary alicyclic amines) is 1. The molecule has 2 aliphatic rings. The van der Waals surface area contributed by atoms with E-state index in [0.717, 1.165) is 38.0 Å². The molecule has 2 atom stereocenters. The van der Waals surface area contributed by atoms with E-state index in [2.05, 4.69) is 15.3 Å². The molecular weight excluding hydrogens is 244 g/mol. The van der Waals surface area contributed by atoms with Gasteiger partial charge in [0.1, 0.15) is 5.78 Å². The number of carbonyl (C=O) groups is 1. The molecule has 2 fully saturated rings. The summed E-state index contributed by atoms with van der Waals surface area (Å²) in [4.78, 5) is 18.9. The highest BCUT2D eigenvalue weighted by Gasteiger charge is 2.36. The SMILES string of the molecule is O=C1CCCC1C1CCCCN1Cc1cscn1. The normalized spacial score (nSPS) is 29.9. The second-order valence-corrected chi connectivity index (χ2v) is 6.20. The van der Waals surface area contributed by atoms with Crippen LogP contribution in [-0.4, -0.2) is 28.3 Å². The van der Waals surface area contributed by atoms with E-state index in [1.54, 1.807) is 11.3 Å². The largest absolute Gasteiger partial charge is 0.299 e. The van der Waals surface area contributed by atoms with Gasteiger partial charge in [-0.05, 0) is 32.2 Å². The van der Waals surface area contributed by atoms with Crippen LogP contribution in [0, 0.1) is 5.92 Å². The van der Waals surface area contributed by atoms with Crippen molar-refractivity contribution in [3.8, 4) is 0 Å². The van der Waals surface area contributed by atoms with Crippen molar-refractivity contribution in [1.29, 1.82) is 0 Å². The van der Waals surface area contributed by atoms with Crippen molar-refractivity contribution in [3.05, 3.63) is 16.6 Å². The van der Waals surface area contributed by atoms with E-state index < -0.39 is 0 Å². The topological polar surface area (TPSA) is 33.2 Å². The summed E-state index contributed by atoms with van der Waals surface area (Å²) in [7, 11) is 0. The smallest absolute Gasteiger partial charge is 0.137 e. The van der Waals surface area contributed by atoms with Gasteiger partial charge in [0.15, 0.2) is 0 Å². The highest BCUT2D eigenvalue weighted by atomic mass is 32.1. The van der Waals surface area contributed by atoms with Gasteiger partial charge in [0.2, 0.25) is 0 Å². The summed E-state index contributed by atoms with van der Waals surface area (Å²) in [6, 6.07) is 0.482. The number of piperidine rings is 1. The molecule has 0 spiro atoms. The lowest BCUT2D eigenvalue weighted by atomic mass is 9.88. The molecule has 1 aromatic heterocycles. The molecule has 0 radical (unpaired) electrons. The molecule has 1 aromatic rings. The quantitative estimate of drug-likeness (QED) is 0.841. The van der Waals surface area contributed by atoms with Gasteiger partial charge in [-0.25, -0.2) is 4.98 Å². The number of ketones is 1. The Labute approximate surface area is 112 Å². The van der Waals surface area contributed by atoms with E-state index in [9.17, 15) is 4.79 Å². The van der Waals surface area contributed by atoms with Gasteiger partial charge in [-0.3, -0.25) is 9.69 Å². The molecule has 0 bridgehead atoms. The number of Topliss-reactive ketones (excluding diaryl/α,β-unsaturated/α-hetero) is 1. The second-order valence-electron chi connectivity index (χ2n) is 5.48. The maximum atomic E-state index is 12.0. The maximum absolute atomic E-state index is 12.0. The van der Waals surface area contributed by atoms with Crippen molar-refractivity contribution in [2.24, 2.45) is 5.92 Å². The third-order valence-corrected chi connectivity index (χ3v) is 4.96. The van der Waals surface area contributed by atoms with Crippen molar-refractivity contribution in [2.75, 3.05) is 6.54 Å². The average Bonchev–Trinajstić information content (AvgIpc) is 3.02. The molecular formula is C14H20N2OS. The van der Waals surface area contributed by atoms with Crippen LogP contribution in [0.5, 0.6) is 0 Å². The summed E-state index contributed by atoms with van der Waals surface area (Å²) >= 11 is 1.66. The predicted molar refractivity (Wildman–Crippen MR) is 72.5 cm³/mol. The third kappa shape index (κ3) is 2.50. The molecule has 0 amide bonds. The Balaban J connectivity index is 1.71. The van der Waals surface area contributed by atoms with Crippen LogP contribution >= 0.6 is 11.3 Å². The Morgan fingerprint density at radius 3 is 3.00 bits per heavy atom. The number of thiazole rings is 1. The van der Waals surface area contributed by atoms with Crippen LogP contribution in [0.1, 0.15) is 44.2 Å².